The van der Waals surface area contributed by atoms with Crippen LogP contribution >= 0.6 is 23.8 Å². The molecule has 0 aromatic heterocycles. The number of nitrogens with two attached hydrogens (primary N) is 1. The molecule has 6 heteroatoms. The minimum atomic E-state index is -0.378. The van der Waals surface area contributed by atoms with Gasteiger partial charge in [0.05, 0.1) is 7.11 Å². The van der Waals surface area contributed by atoms with E-state index >= 15 is 0 Å². The molecule has 0 bridgehead atoms. The lowest BCUT2D eigenvalue weighted by Gasteiger charge is -2.11. The highest BCUT2D eigenvalue weighted by Crippen LogP contribution is 2.24. The Bertz CT molecular complexity index is 679. The molecule has 110 valence electrons. The third-order valence-corrected chi connectivity index (χ3v) is 3.27. The van der Waals surface area contributed by atoms with Gasteiger partial charge in [-0.25, -0.2) is 4.39 Å². The molecule has 0 heterocycles. The van der Waals surface area contributed by atoms with Crippen molar-refractivity contribution in [1.29, 1.82) is 0 Å². The monoisotopic (exact) mass is 325 g/mol. The second-order valence-corrected chi connectivity index (χ2v) is 5.16. The Hall–Kier alpha value is -1.85. The number of methoxy groups -OCH3 is 1. The van der Waals surface area contributed by atoms with Crippen LogP contribution in [0.25, 0.3) is 0 Å². The van der Waals surface area contributed by atoms with Crippen LogP contribution < -0.4 is 15.2 Å². The van der Waals surface area contributed by atoms with Crippen molar-refractivity contribution in [2.75, 3.05) is 7.11 Å². The van der Waals surface area contributed by atoms with Crippen LogP contribution in [0.3, 0.4) is 0 Å². The minimum Gasteiger partial charge on any atom is -0.497 e. The fourth-order valence-corrected chi connectivity index (χ4v) is 2.04. The Morgan fingerprint density at radius 1 is 1.24 bits per heavy atom. The molecule has 2 rings (SSSR count). The SMILES string of the molecule is COc1cc(OCc2cc(Cl)ccc2F)cc(C(N)=S)c1. The van der Waals surface area contributed by atoms with Crippen LogP contribution in [-0.4, -0.2) is 12.1 Å². The smallest absolute Gasteiger partial charge is 0.129 e. The summed E-state index contributed by atoms with van der Waals surface area (Å²) in [6.07, 6.45) is 0. The molecule has 0 aliphatic carbocycles. The quantitative estimate of drug-likeness (QED) is 0.851. The summed E-state index contributed by atoms with van der Waals surface area (Å²) in [6.45, 7) is 0.0380. The number of hydrogen-bond donors (Lipinski definition) is 1. The van der Waals surface area contributed by atoms with Gasteiger partial charge in [0.1, 0.15) is 28.9 Å². The average Bonchev–Trinajstić information content (AvgIpc) is 2.47. The maximum atomic E-state index is 13.6. The predicted molar refractivity (Wildman–Crippen MR) is 84.6 cm³/mol. The molecule has 2 N–H and O–H groups in total. The average molecular weight is 326 g/mol. The van der Waals surface area contributed by atoms with Crippen LogP contribution in [0.5, 0.6) is 11.5 Å². The molecule has 21 heavy (non-hydrogen) atoms. The molecule has 0 aliphatic heterocycles. The molecule has 0 aliphatic rings. The predicted octanol–water partition coefficient (Wildman–Crippen LogP) is 3.70. The summed E-state index contributed by atoms with van der Waals surface area (Å²) in [5, 5.41) is 0.449. The van der Waals surface area contributed by atoms with Gasteiger partial charge in [0.25, 0.3) is 0 Å². The highest BCUT2D eigenvalue weighted by Gasteiger charge is 2.07. The van der Waals surface area contributed by atoms with Gasteiger partial charge in [0.15, 0.2) is 0 Å². The maximum absolute atomic E-state index is 13.6. The minimum absolute atomic E-state index is 0.0380. The summed E-state index contributed by atoms with van der Waals surface area (Å²) in [4.78, 5) is 0.229. The third kappa shape index (κ3) is 4.06. The molecule has 0 atom stereocenters. The molecule has 0 fully saturated rings. The van der Waals surface area contributed by atoms with Gasteiger partial charge in [0, 0.05) is 22.2 Å². The summed E-state index contributed by atoms with van der Waals surface area (Å²) < 4.78 is 24.3. The normalized spacial score (nSPS) is 10.2. The zero-order chi connectivity index (χ0) is 15.4. The third-order valence-electron chi connectivity index (χ3n) is 2.80. The van der Waals surface area contributed by atoms with Gasteiger partial charge in [-0.1, -0.05) is 23.8 Å². The lowest BCUT2D eigenvalue weighted by atomic mass is 10.2. The first-order chi connectivity index (χ1) is 9.99. The molecular weight excluding hydrogens is 313 g/mol. The summed E-state index contributed by atoms with van der Waals surface area (Å²) in [5.74, 6) is 0.662. The number of halogens is 2. The van der Waals surface area contributed by atoms with Gasteiger partial charge in [0.2, 0.25) is 0 Å². The molecule has 3 nitrogen and oxygen atoms in total. The largest absolute Gasteiger partial charge is 0.497 e. The van der Waals surface area contributed by atoms with E-state index in [2.05, 4.69) is 0 Å². The summed E-state index contributed by atoms with van der Waals surface area (Å²) in [6, 6.07) is 9.35. The zero-order valence-corrected chi connectivity index (χ0v) is 12.8. The van der Waals surface area contributed by atoms with Gasteiger partial charge < -0.3 is 15.2 Å². The number of benzene rings is 2. The fraction of sp³-hybridized carbons (Fsp3) is 0.133. The highest BCUT2D eigenvalue weighted by molar-refractivity contribution is 7.80. The molecule has 0 saturated heterocycles. The molecule has 0 amide bonds. The van der Waals surface area contributed by atoms with Crippen molar-refractivity contribution in [1.82, 2.24) is 0 Å². The number of hydrogen-bond acceptors (Lipinski definition) is 3. The Labute approximate surface area is 132 Å². The molecule has 2 aromatic rings. The summed E-state index contributed by atoms with van der Waals surface area (Å²) in [5.41, 5.74) is 6.58. The Kier molecular flexibility index (Phi) is 4.98. The van der Waals surface area contributed by atoms with Crippen molar-refractivity contribution >= 4 is 28.8 Å². The Morgan fingerprint density at radius 3 is 2.62 bits per heavy atom. The zero-order valence-electron chi connectivity index (χ0n) is 11.2. The van der Waals surface area contributed by atoms with Crippen LogP contribution in [0.1, 0.15) is 11.1 Å². The van der Waals surface area contributed by atoms with Crippen LogP contribution in [0.4, 0.5) is 4.39 Å². The van der Waals surface area contributed by atoms with Gasteiger partial charge in [-0.05, 0) is 30.3 Å². The van der Waals surface area contributed by atoms with Crippen molar-refractivity contribution in [3.05, 3.63) is 58.4 Å². The van der Waals surface area contributed by atoms with Crippen molar-refractivity contribution in [3.8, 4) is 11.5 Å². The van der Waals surface area contributed by atoms with Crippen LogP contribution in [0.2, 0.25) is 5.02 Å². The van der Waals surface area contributed by atoms with E-state index in [4.69, 9.17) is 39.0 Å². The maximum Gasteiger partial charge on any atom is 0.129 e. The molecule has 0 unspecified atom stereocenters. The first-order valence-electron chi connectivity index (χ1n) is 6.05. The lowest BCUT2D eigenvalue weighted by molar-refractivity contribution is 0.297. The topological polar surface area (TPSA) is 44.5 Å². The summed E-state index contributed by atoms with van der Waals surface area (Å²) >= 11 is 10.8. The highest BCUT2D eigenvalue weighted by atomic mass is 35.5. The standard InChI is InChI=1S/C15H13ClFNO2S/c1-19-12-5-9(15(18)21)6-13(7-12)20-8-10-4-11(16)2-3-14(10)17/h2-7H,8H2,1H3,(H2,18,21). The molecule has 2 aromatic carbocycles. The van der Waals surface area contributed by atoms with E-state index in [9.17, 15) is 4.39 Å². The summed E-state index contributed by atoms with van der Waals surface area (Å²) in [7, 11) is 1.53. The number of thiocarbonyl (C=S) groups is 1. The van der Waals surface area contributed by atoms with E-state index in [-0.39, 0.29) is 17.4 Å². The second-order valence-electron chi connectivity index (χ2n) is 4.29. The van der Waals surface area contributed by atoms with E-state index < -0.39 is 0 Å². The first kappa shape index (κ1) is 15.5. The lowest BCUT2D eigenvalue weighted by Crippen LogP contribution is -2.10. The van der Waals surface area contributed by atoms with Crippen LogP contribution in [0.15, 0.2) is 36.4 Å². The Morgan fingerprint density at radius 2 is 1.95 bits per heavy atom. The van der Waals surface area contributed by atoms with Crippen molar-refractivity contribution in [3.63, 3.8) is 0 Å². The van der Waals surface area contributed by atoms with Gasteiger partial charge in [-0.3, -0.25) is 0 Å². The van der Waals surface area contributed by atoms with Crippen LogP contribution in [-0.2, 0) is 6.61 Å². The molecule has 0 saturated carbocycles. The number of rotatable bonds is 5. The van der Waals surface area contributed by atoms with E-state index in [1.54, 1.807) is 18.2 Å². The second kappa shape index (κ2) is 6.74. The van der Waals surface area contributed by atoms with E-state index in [1.807, 2.05) is 0 Å². The van der Waals surface area contributed by atoms with Gasteiger partial charge in [-0.2, -0.15) is 0 Å². The fourth-order valence-electron chi connectivity index (χ4n) is 1.73. The van der Waals surface area contributed by atoms with Gasteiger partial charge >= 0.3 is 0 Å². The molecule has 0 radical (unpaired) electrons. The van der Waals surface area contributed by atoms with E-state index in [0.29, 0.717) is 27.6 Å². The van der Waals surface area contributed by atoms with E-state index in [1.165, 1.54) is 25.3 Å². The Balaban J connectivity index is 2.21. The molecule has 0 spiro atoms. The van der Waals surface area contributed by atoms with Gasteiger partial charge in [-0.15, -0.1) is 0 Å². The van der Waals surface area contributed by atoms with Crippen molar-refractivity contribution < 1.29 is 13.9 Å². The van der Waals surface area contributed by atoms with E-state index in [0.717, 1.165) is 0 Å². The van der Waals surface area contributed by atoms with Crippen LogP contribution in [0, 0.1) is 5.82 Å². The van der Waals surface area contributed by atoms with Crippen molar-refractivity contribution in [2.45, 2.75) is 6.61 Å². The van der Waals surface area contributed by atoms with Crippen molar-refractivity contribution in [2.24, 2.45) is 5.73 Å². The number of ether oxygens (including phenoxy) is 2. The molecular formula is C15H13ClFNO2S. The first-order valence-corrected chi connectivity index (χ1v) is 6.84.